The molecule has 0 unspecified atom stereocenters. The molecule has 0 aliphatic carbocycles. The molecule has 0 N–H and O–H groups in total. The van der Waals surface area contributed by atoms with Crippen LogP contribution in [0.2, 0.25) is 0 Å². The second kappa shape index (κ2) is 5.12. The van der Waals surface area contributed by atoms with E-state index < -0.39 is 11.7 Å². The zero-order valence-electron chi connectivity index (χ0n) is 9.84. The van der Waals surface area contributed by atoms with Crippen LogP contribution < -0.4 is 0 Å². The summed E-state index contributed by atoms with van der Waals surface area (Å²) in [6.07, 6.45) is -2.87. The highest BCUT2D eigenvalue weighted by Gasteiger charge is 2.30. The van der Waals surface area contributed by atoms with Crippen LogP contribution in [0.3, 0.4) is 0 Å². The molecule has 1 aromatic carbocycles. The van der Waals surface area contributed by atoms with Crippen molar-refractivity contribution in [3.63, 3.8) is 0 Å². The molecule has 0 bridgehead atoms. The standard InChI is InChI=1S/C10H7F3N2.C2H6/c1-6-9-4-8(10(11,12)13)3-2-7(9)5-14-15-6;1-2/h2-5H,1H3;1-2H3. The molecule has 0 aliphatic rings. The smallest absolute Gasteiger partial charge is 0.166 e. The second-order valence-electron chi connectivity index (χ2n) is 3.23. The summed E-state index contributed by atoms with van der Waals surface area (Å²) in [4.78, 5) is 0. The van der Waals surface area contributed by atoms with Crippen molar-refractivity contribution in [3.8, 4) is 0 Å². The molecule has 1 aromatic heterocycles. The Hall–Kier alpha value is -1.65. The molecule has 92 valence electrons. The molecule has 0 aliphatic heterocycles. The van der Waals surface area contributed by atoms with Crippen molar-refractivity contribution in [2.24, 2.45) is 0 Å². The molecule has 0 fully saturated rings. The molecule has 5 heteroatoms. The van der Waals surface area contributed by atoms with Gasteiger partial charge < -0.3 is 0 Å². The number of hydrogen-bond donors (Lipinski definition) is 0. The predicted octanol–water partition coefficient (Wildman–Crippen LogP) is 3.98. The van der Waals surface area contributed by atoms with Crippen LogP contribution in [0, 0.1) is 6.92 Å². The number of aryl methyl sites for hydroxylation is 1. The van der Waals surface area contributed by atoms with Crippen LogP contribution in [0.25, 0.3) is 10.8 Å². The maximum absolute atomic E-state index is 12.4. The Balaban J connectivity index is 0.000000686. The Morgan fingerprint density at radius 3 is 2.35 bits per heavy atom. The fraction of sp³-hybridized carbons (Fsp3) is 0.333. The van der Waals surface area contributed by atoms with Crippen molar-refractivity contribution in [3.05, 3.63) is 35.7 Å². The lowest BCUT2D eigenvalue weighted by Gasteiger charge is -2.07. The summed E-state index contributed by atoms with van der Waals surface area (Å²) in [6.45, 7) is 5.63. The summed E-state index contributed by atoms with van der Waals surface area (Å²) in [5.74, 6) is 0. The van der Waals surface area contributed by atoms with E-state index in [2.05, 4.69) is 10.2 Å². The lowest BCUT2D eigenvalue weighted by molar-refractivity contribution is -0.137. The third-order valence-corrected chi connectivity index (χ3v) is 2.17. The Morgan fingerprint density at radius 1 is 1.12 bits per heavy atom. The third kappa shape index (κ3) is 2.93. The van der Waals surface area contributed by atoms with Gasteiger partial charge in [0.1, 0.15) is 0 Å². The monoisotopic (exact) mass is 242 g/mol. The number of aromatic nitrogens is 2. The predicted molar refractivity (Wildman–Crippen MR) is 60.6 cm³/mol. The maximum atomic E-state index is 12.4. The SMILES string of the molecule is CC.Cc1nncc2ccc(C(F)(F)F)cc12. The van der Waals surface area contributed by atoms with Gasteiger partial charge in [0.05, 0.1) is 17.5 Å². The highest BCUT2D eigenvalue weighted by Crippen LogP contribution is 2.31. The van der Waals surface area contributed by atoms with Crippen LogP contribution in [-0.4, -0.2) is 10.2 Å². The van der Waals surface area contributed by atoms with Gasteiger partial charge in [-0.25, -0.2) is 0 Å². The first kappa shape index (κ1) is 13.4. The van der Waals surface area contributed by atoms with Crippen LogP contribution in [0.1, 0.15) is 25.1 Å². The summed E-state index contributed by atoms with van der Waals surface area (Å²) >= 11 is 0. The molecule has 2 nitrogen and oxygen atoms in total. The number of rotatable bonds is 0. The number of halogens is 3. The van der Waals surface area contributed by atoms with Gasteiger partial charge in [0, 0.05) is 10.8 Å². The lowest BCUT2D eigenvalue weighted by Crippen LogP contribution is -2.04. The molecule has 17 heavy (non-hydrogen) atoms. The van der Waals surface area contributed by atoms with E-state index in [4.69, 9.17) is 0 Å². The third-order valence-electron chi connectivity index (χ3n) is 2.17. The van der Waals surface area contributed by atoms with E-state index in [1.54, 1.807) is 6.92 Å². The number of fused-ring (bicyclic) bond motifs is 1. The van der Waals surface area contributed by atoms with Gasteiger partial charge >= 0.3 is 6.18 Å². The number of alkyl halides is 3. The van der Waals surface area contributed by atoms with E-state index in [0.717, 1.165) is 12.1 Å². The normalized spacial score (nSPS) is 10.9. The highest BCUT2D eigenvalue weighted by molar-refractivity contribution is 5.84. The van der Waals surface area contributed by atoms with Crippen molar-refractivity contribution in [1.82, 2.24) is 10.2 Å². The van der Waals surface area contributed by atoms with Gasteiger partial charge in [0.15, 0.2) is 0 Å². The number of benzene rings is 1. The molecule has 0 saturated carbocycles. The van der Waals surface area contributed by atoms with E-state index in [0.29, 0.717) is 16.5 Å². The van der Waals surface area contributed by atoms with Gasteiger partial charge in [-0.3, -0.25) is 0 Å². The topological polar surface area (TPSA) is 25.8 Å². The minimum absolute atomic E-state index is 0.486. The number of hydrogen-bond acceptors (Lipinski definition) is 2. The van der Waals surface area contributed by atoms with Gasteiger partial charge in [-0.05, 0) is 19.1 Å². The maximum Gasteiger partial charge on any atom is 0.416 e. The molecular formula is C12H13F3N2. The van der Waals surface area contributed by atoms with Crippen LogP contribution in [0.15, 0.2) is 24.4 Å². The van der Waals surface area contributed by atoms with Crippen molar-refractivity contribution in [2.45, 2.75) is 26.9 Å². The number of nitrogens with zero attached hydrogens (tertiary/aromatic N) is 2. The largest absolute Gasteiger partial charge is 0.416 e. The molecule has 2 aromatic rings. The molecule has 0 atom stereocenters. The lowest BCUT2D eigenvalue weighted by atomic mass is 10.1. The Morgan fingerprint density at radius 2 is 1.76 bits per heavy atom. The van der Waals surface area contributed by atoms with E-state index in [-0.39, 0.29) is 0 Å². The quantitative estimate of drug-likeness (QED) is 0.698. The van der Waals surface area contributed by atoms with Crippen molar-refractivity contribution < 1.29 is 13.2 Å². The summed E-state index contributed by atoms with van der Waals surface area (Å²) < 4.78 is 37.2. The minimum Gasteiger partial charge on any atom is -0.166 e. The van der Waals surface area contributed by atoms with E-state index >= 15 is 0 Å². The highest BCUT2D eigenvalue weighted by atomic mass is 19.4. The summed E-state index contributed by atoms with van der Waals surface area (Å²) in [5.41, 5.74) is -0.162. The first-order valence-corrected chi connectivity index (χ1v) is 5.28. The molecule has 0 spiro atoms. The molecule has 0 amide bonds. The Labute approximate surface area is 97.5 Å². The molecule has 1 heterocycles. The van der Waals surface area contributed by atoms with Crippen LogP contribution >= 0.6 is 0 Å². The average Bonchev–Trinajstić information content (AvgIpc) is 2.30. The zero-order chi connectivity index (χ0) is 13.1. The Kier molecular flexibility index (Phi) is 4.04. The molecular weight excluding hydrogens is 229 g/mol. The molecule has 0 saturated heterocycles. The first-order valence-electron chi connectivity index (χ1n) is 5.28. The van der Waals surface area contributed by atoms with Gasteiger partial charge in [0.2, 0.25) is 0 Å². The Bertz CT molecular complexity index is 507. The average molecular weight is 242 g/mol. The van der Waals surface area contributed by atoms with Crippen molar-refractivity contribution >= 4 is 10.8 Å². The second-order valence-corrected chi connectivity index (χ2v) is 3.23. The van der Waals surface area contributed by atoms with Gasteiger partial charge in [-0.15, -0.1) is 0 Å². The van der Waals surface area contributed by atoms with Crippen LogP contribution in [0.5, 0.6) is 0 Å². The zero-order valence-corrected chi connectivity index (χ0v) is 9.84. The summed E-state index contributed by atoms with van der Waals surface area (Å²) in [7, 11) is 0. The van der Waals surface area contributed by atoms with Crippen molar-refractivity contribution in [2.75, 3.05) is 0 Å². The van der Waals surface area contributed by atoms with Crippen LogP contribution in [0.4, 0.5) is 13.2 Å². The van der Waals surface area contributed by atoms with Gasteiger partial charge in [-0.1, -0.05) is 19.9 Å². The molecule has 2 rings (SSSR count). The van der Waals surface area contributed by atoms with Gasteiger partial charge in [0.25, 0.3) is 0 Å². The summed E-state index contributed by atoms with van der Waals surface area (Å²) in [6, 6.07) is 3.54. The summed E-state index contributed by atoms with van der Waals surface area (Å²) in [5, 5.41) is 8.53. The van der Waals surface area contributed by atoms with Gasteiger partial charge in [-0.2, -0.15) is 23.4 Å². The van der Waals surface area contributed by atoms with Crippen molar-refractivity contribution in [1.29, 1.82) is 0 Å². The van der Waals surface area contributed by atoms with E-state index in [9.17, 15) is 13.2 Å². The van der Waals surface area contributed by atoms with Crippen LogP contribution in [-0.2, 0) is 6.18 Å². The molecule has 0 radical (unpaired) electrons. The minimum atomic E-state index is -4.32. The fourth-order valence-corrected chi connectivity index (χ4v) is 1.39. The first-order chi connectivity index (χ1) is 7.98. The fourth-order valence-electron chi connectivity index (χ4n) is 1.39. The van der Waals surface area contributed by atoms with E-state index in [1.165, 1.54) is 12.3 Å². The van der Waals surface area contributed by atoms with E-state index in [1.807, 2.05) is 13.8 Å².